The Morgan fingerprint density at radius 3 is 2.00 bits per heavy atom. The van der Waals surface area contributed by atoms with Gasteiger partial charge in [0.25, 0.3) is 0 Å². The summed E-state index contributed by atoms with van der Waals surface area (Å²) in [5.41, 5.74) is 4.91. The average molecular weight is 395 g/mol. The van der Waals surface area contributed by atoms with E-state index in [1.165, 1.54) is 6.26 Å². The molecule has 4 heteroatoms. The Balaban J connectivity index is 1.68. The molecule has 1 aliphatic rings. The van der Waals surface area contributed by atoms with Crippen LogP contribution in [-0.2, 0) is 32.2 Å². The minimum Gasteiger partial charge on any atom is -0.490 e. The van der Waals surface area contributed by atoms with E-state index < -0.39 is 0 Å². The number of benzene rings is 2. The first-order chi connectivity index (χ1) is 14.2. The molecule has 0 N–H and O–H groups in total. The van der Waals surface area contributed by atoms with E-state index in [-0.39, 0.29) is 30.3 Å². The van der Waals surface area contributed by atoms with Gasteiger partial charge in [-0.25, -0.2) is 0 Å². The fourth-order valence-electron chi connectivity index (χ4n) is 3.80. The Hall–Kier alpha value is -2.36. The quantitative estimate of drug-likeness (QED) is 0.448. The van der Waals surface area contributed by atoms with Gasteiger partial charge in [-0.05, 0) is 18.1 Å². The van der Waals surface area contributed by atoms with Crippen LogP contribution in [0.2, 0.25) is 0 Å². The van der Waals surface area contributed by atoms with Gasteiger partial charge < -0.3 is 18.9 Å². The van der Waals surface area contributed by atoms with E-state index in [0.717, 1.165) is 11.1 Å². The second-order valence-electron chi connectivity index (χ2n) is 7.42. The SMILES string of the molecule is C=C=COC[C@H]1O[C@@H](C)[C@H](OCc2ccccc2)[C@@H](C)[C@@H]1OCc1ccccc1. The van der Waals surface area contributed by atoms with Gasteiger partial charge in [-0.2, -0.15) is 0 Å². The monoisotopic (exact) mass is 394 g/mol. The summed E-state index contributed by atoms with van der Waals surface area (Å²) in [6.45, 7) is 9.22. The minimum atomic E-state index is -0.190. The number of rotatable bonds is 9. The Kier molecular flexibility index (Phi) is 8.09. The van der Waals surface area contributed by atoms with Crippen LogP contribution in [0.3, 0.4) is 0 Å². The fourth-order valence-corrected chi connectivity index (χ4v) is 3.80. The maximum absolute atomic E-state index is 6.32. The van der Waals surface area contributed by atoms with E-state index in [2.05, 4.69) is 50.4 Å². The number of hydrogen-bond donors (Lipinski definition) is 0. The van der Waals surface area contributed by atoms with Gasteiger partial charge in [0.05, 0.1) is 31.5 Å². The predicted molar refractivity (Wildman–Crippen MR) is 113 cm³/mol. The first-order valence-corrected chi connectivity index (χ1v) is 10.1. The second-order valence-corrected chi connectivity index (χ2v) is 7.42. The summed E-state index contributed by atoms with van der Waals surface area (Å²) >= 11 is 0. The highest BCUT2D eigenvalue weighted by Crippen LogP contribution is 2.31. The zero-order valence-corrected chi connectivity index (χ0v) is 17.2. The summed E-state index contributed by atoms with van der Waals surface area (Å²) in [4.78, 5) is 0. The van der Waals surface area contributed by atoms with Gasteiger partial charge in [0.1, 0.15) is 19.0 Å². The van der Waals surface area contributed by atoms with Gasteiger partial charge in [-0.1, -0.05) is 79.9 Å². The van der Waals surface area contributed by atoms with Gasteiger partial charge in [0.15, 0.2) is 0 Å². The van der Waals surface area contributed by atoms with Gasteiger partial charge in [0.2, 0.25) is 0 Å². The lowest BCUT2D eigenvalue weighted by Crippen LogP contribution is -2.55. The topological polar surface area (TPSA) is 36.9 Å². The molecular formula is C25H30O4. The maximum Gasteiger partial charge on any atom is 0.125 e. The lowest BCUT2D eigenvalue weighted by molar-refractivity contribution is -0.231. The van der Waals surface area contributed by atoms with Crippen molar-refractivity contribution >= 4 is 0 Å². The molecule has 0 aromatic heterocycles. The van der Waals surface area contributed by atoms with Crippen LogP contribution in [0.15, 0.2) is 79.2 Å². The number of ether oxygens (including phenoxy) is 4. The standard InChI is InChI=1S/C25H30O4/c1-4-15-26-18-23-25(28-17-22-13-9-6-10-14-22)19(2)24(20(3)29-23)27-16-21-11-7-5-8-12-21/h5-15,19-20,23-25H,1,16-18H2,2-3H3/t19-,20+,23-,24-,25+/m1/s1. The van der Waals surface area contributed by atoms with Crippen LogP contribution >= 0.6 is 0 Å². The number of hydrogen-bond acceptors (Lipinski definition) is 4. The van der Waals surface area contributed by atoms with Crippen molar-refractivity contribution in [1.82, 2.24) is 0 Å². The van der Waals surface area contributed by atoms with Crippen molar-refractivity contribution in [2.45, 2.75) is 51.5 Å². The Labute approximate surface area is 173 Å². The molecule has 1 fully saturated rings. The average Bonchev–Trinajstić information content (AvgIpc) is 2.75. The van der Waals surface area contributed by atoms with Crippen LogP contribution in [0.1, 0.15) is 25.0 Å². The minimum absolute atomic E-state index is 0.0633. The molecule has 0 saturated carbocycles. The van der Waals surface area contributed by atoms with E-state index in [4.69, 9.17) is 18.9 Å². The van der Waals surface area contributed by atoms with Crippen molar-refractivity contribution in [1.29, 1.82) is 0 Å². The van der Waals surface area contributed by atoms with Gasteiger partial charge >= 0.3 is 0 Å². The second kappa shape index (κ2) is 11.0. The first kappa shape index (κ1) is 21.4. The van der Waals surface area contributed by atoms with Crippen LogP contribution in [0, 0.1) is 5.92 Å². The summed E-state index contributed by atoms with van der Waals surface area (Å²) < 4.78 is 24.4. The molecule has 1 aliphatic heterocycles. The third kappa shape index (κ3) is 6.06. The zero-order chi connectivity index (χ0) is 20.5. The molecule has 3 rings (SSSR count). The fraction of sp³-hybridized carbons (Fsp3) is 0.400. The lowest BCUT2D eigenvalue weighted by Gasteiger charge is -2.44. The van der Waals surface area contributed by atoms with E-state index in [9.17, 15) is 0 Å². The van der Waals surface area contributed by atoms with Crippen LogP contribution < -0.4 is 0 Å². The van der Waals surface area contributed by atoms with Gasteiger partial charge in [0, 0.05) is 5.92 Å². The van der Waals surface area contributed by atoms with Crippen molar-refractivity contribution in [3.8, 4) is 0 Å². The largest absolute Gasteiger partial charge is 0.490 e. The highest BCUT2D eigenvalue weighted by atomic mass is 16.6. The zero-order valence-electron chi connectivity index (χ0n) is 17.2. The molecule has 0 bridgehead atoms. The van der Waals surface area contributed by atoms with Crippen molar-refractivity contribution in [2.75, 3.05) is 6.61 Å². The van der Waals surface area contributed by atoms with Gasteiger partial charge in [-0.3, -0.25) is 0 Å². The molecule has 0 spiro atoms. The van der Waals surface area contributed by atoms with E-state index in [1.54, 1.807) is 0 Å². The summed E-state index contributed by atoms with van der Waals surface area (Å²) in [6, 6.07) is 20.4. The maximum atomic E-state index is 6.32. The third-order valence-corrected chi connectivity index (χ3v) is 5.25. The highest BCUT2D eigenvalue weighted by molar-refractivity contribution is 5.14. The highest BCUT2D eigenvalue weighted by Gasteiger charge is 2.43. The first-order valence-electron chi connectivity index (χ1n) is 10.1. The van der Waals surface area contributed by atoms with E-state index in [1.807, 2.05) is 36.4 Å². The predicted octanol–water partition coefficient (Wildman–Crippen LogP) is 4.90. The van der Waals surface area contributed by atoms with Crippen LogP contribution in [0.4, 0.5) is 0 Å². The molecule has 0 unspecified atom stereocenters. The van der Waals surface area contributed by atoms with Crippen LogP contribution in [0.25, 0.3) is 0 Å². The summed E-state index contributed by atoms with van der Waals surface area (Å²) in [7, 11) is 0. The molecule has 0 radical (unpaired) electrons. The molecule has 0 amide bonds. The Morgan fingerprint density at radius 2 is 1.45 bits per heavy atom. The Bertz CT molecular complexity index is 770. The molecular weight excluding hydrogens is 364 g/mol. The normalized spacial score (nSPS) is 26.5. The van der Waals surface area contributed by atoms with E-state index in [0.29, 0.717) is 19.8 Å². The molecule has 1 saturated heterocycles. The molecule has 2 aromatic rings. The summed E-state index contributed by atoms with van der Waals surface area (Å²) in [5.74, 6) is 0.146. The molecule has 0 aliphatic carbocycles. The molecule has 4 nitrogen and oxygen atoms in total. The summed E-state index contributed by atoms with van der Waals surface area (Å²) in [6.07, 6.45) is 0.995. The van der Waals surface area contributed by atoms with E-state index >= 15 is 0 Å². The van der Waals surface area contributed by atoms with Crippen molar-refractivity contribution in [3.63, 3.8) is 0 Å². The lowest BCUT2D eigenvalue weighted by atomic mass is 9.87. The molecule has 154 valence electrons. The van der Waals surface area contributed by atoms with Crippen molar-refractivity contribution < 1.29 is 18.9 Å². The summed E-state index contributed by atoms with van der Waals surface area (Å²) in [5, 5.41) is 0. The molecule has 29 heavy (non-hydrogen) atoms. The van der Waals surface area contributed by atoms with Crippen molar-refractivity contribution in [3.05, 3.63) is 90.4 Å². The van der Waals surface area contributed by atoms with Crippen LogP contribution in [0.5, 0.6) is 0 Å². The third-order valence-electron chi connectivity index (χ3n) is 5.25. The van der Waals surface area contributed by atoms with Crippen LogP contribution in [-0.4, -0.2) is 31.0 Å². The van der Waals surface area contributed by atoms with Gasteiger partial charge in [-0.15, -0.1) is 0 Å². The smallest absolute Gasteiger partial charge is 0.125 e. The molecule has 1 heterocycles. The molecule has 2 aromatic carbocycles. The molecule has 5 atom stereocenters. The Morgan fingerprint density at radius 1 is 0.897 bits per heavy atom. The van der Waals surface area contributed by atoms with Crippen molar-refractivity contribution in [2.24, 2.45) is 5.92 Å².